The predicted molar refractivity (Wildman–Crippen MR) is 119 cm³/mol. The normalized spacial score (nSPS) is 10.8. The van der Waals surface area contributed by atoms with Gasteiger partial charge in [0.25, 0.3) is 0 Å². The van der Waals surface area contributed by atoms with E-state index < -0.39 is 0 Å². The fourth-order valence-corrected chi connectivity index (χ4v) is 3.87. The van der Waals surface area contributed by atoms with Crippen molar-refractivity contribution in [1.29, 1.82) is 5.41 Å². The summed E-state index contributed by atoms with van der Waals surface area (Å²) < 4.78 is 5.20. The van der Waals surface area contributed by atoms with Crippen LogP contribution in [-0.2, 0) is 17.6 Å². The van der Waals surface area contributed by atoms with Crippen LogP contribution >= 0.6 is 11.3 Å². The second-order valence-electron chi connectivity index (χ2n) is 6.54. The van der Waals surface area contributed by atoms with E-state index in [2.05, 4.69) is 30.1 Å². The van der Waals surface area contributed by atoms with E-state index in [0.717, 1.165) is 35.5 Å². The Balaban J connectivity index is 2.05. The van der Waals surface area contributed by atoms with Gasteiger partial charge in [-0.3, -0.25) is 4.79 Å². The monoisotopic (exact) mass is 396 g/mol. The van der Waals surface area contributed by atoms with E-state index in [4.69, 9.17) is 10.1 Å². The molecule has 2 rings (SSSR count). The smallest absolute Gasteiger partial charge is 0.174 e. The minimum Gasteiger partial charge on any atom is -0.497 e. The van der Waals surface area contributed by atoms with Crippen molar-refractivity contribution < 1.29 is 9.53 Å². The summed E-state index contributed by atoms with van der Waals surface area (Å²) >= 11 is 1.64. The number of carbonyl (C=O) groups excluding carboxylic acids is 1. The lowest BCUT2D eigenvalue weighted by Crippen LogP contribution is -2.20. The minimum atomic E-state index is 0.0208. The van der Waals surface area contributed by atoms with E-state index >= 15 is 0 Å². The highest BCUT2D eigenvalue weighted by atomic mass is 32.1. The first kappa shape index (κ1) is 21.6. The number of benzene rings is 1. The summed E-state index contributed by atoms with van der Waals surface area (Å²) in [5, 5.41) is 11.2. The number of allylic oxidation sites excluding steroid dienone is 1. The Bertz CT molecular complexity index is 863. The van der Waals surface area contributed by atoms with Crippen molar-refractivity contribution in [3.05, 3.63) is 69.9 Å². The van der Waals surface area contributed by atoms with Crippen LogP contribution in [0.5, 0.6) is 5.75 Å². The van der Waals surface area contributed by atoms with E-state index in [1.807, 2.05) is 25.1 Å². The molecule has 0 bridgehead atoms. The summed E-state index contributed by atoms with van der Waals surface area (Å²) in [5.74, 6) is 0.877. The Morgan fingerprint density at radius 3 is 2.61 bits per heavy atom. The molecule has 0 aliphatic rings. The Kier molecular flexibility index (Phi) is 8.20. The lowest BCUT2D eigenvalue weighted by molar-refractivity contribution is -0.113. The number of rotatable bonds is 11. The number of hydrogen-bond acceptors (Lipinski definition) is 5. The van der Waals surface area contributed by atoms with Crippen molar-refractivity contribution >= 4 is 28.5 Å². The van der Waals surface area contributed by atoms with Crippen LogP contribution in [0.25, 0.3) is 5.70 Å². The topological polar surface area (TPSA) is 62.2 Å². The van der Waals surface area contributed by atoms with Gasteiger partial charge in [-0.25, -0.2) is 0 Å². The molecule has 5 heteroatoms. The van der Waals surface area contributed by atoms with E-state index in [1.165, 1.54) is 10.4 Å². The van der Waals surface area contributed by atoms with Gasteiger partial charge in [-0.1, -0.05) is 31.7 Å². The third-order valence-corrected chi connectivity index (χ3v) is 5.55. The van der Waals surface area contributed by atoms with Crippen molar-refractivity contribution in [3.8, 4) is 5.75 Å². The average molecular weight is 397 g/mol. The van der Waals surface area contributed by atoms with Gasteiger partial charge < -0.3 is 15.5 Å². The van der Waals surface area contributed by atoms with Gasteiger partial charge in [-0.15, -0.1) is 11.3 Å². The van der Waals surface area contributed by atoms with Crippen LogP contribution < -0.4 is 10.1 Å². The molecule has 0 saturated carbocycles. The van der Waals surface area contributed by atoms with Gasteiger partial charge in [-0.05, 0) is 56.0 Å². The zero-order valence-corrected chi connectivity index (χ0v) is 17.6. The molecular weight excluding hydrogens is 368 g/mol. The minimum absolute atomic E-state index is 0.0208. The van der Waals surface area contributed by atoms with Crippen molar-refractivity contribution in [3.63, 3.8) is 0 Å². The lowest BCUT2D eigenvalue weighted by atomic mass is 10.1. The zero-order chi connectivity index (χ0) is 20.5. The van der Waals surface area contributed by atoms with Crippen LogP contribution in [0.2, 0.25) is 0 Å². The van der Waals surface area contributed by atoms with Crippen LogP contribution in [0.1, 0.15) is 41.1 Å². The first-order chi connectivity index (χ1) is 13.4. The van der Waals surface area contributed by atoms with Gasteiger partial charge in [0.2, 0.25) is 0 Å². The molecular formula is C23H28N2O2S. The molecule has 0 atom stereocenters. The Hall–Kier alpha value is -2.66. The summed E-state index contributed by atoms with van der Waals surface area (Å²) in [5.41, 5.74) is 3.32. The third kappa shape index (κ3) is 6.20. The fraction of sp³-hybridized carbons (Fsp3) is 0.304. The molecule has 4 nitrogen and oxygen atoms in total. The van der Waals surface area contributed by atoms with Crippen molar-refractivity contribution in [2.24, 2.45) is 0 Å². The Morgan fingerprint density at radius 1 is 1.29 bits per heavy atom. The van der Waals surface area contributed by atoms with Gasteiger partial charge in [0.05, 0.1) is 18.5 Å². The molecule has 0 unspecified atom stereocenters. The number of thiophene rings is 1. The maximum absolute atomic E-state index is 11.8. The van der Waals surface area contributed by atoms with Crippen molar-refractivity contribution in [2.45, 2.75) is 33.1 Å². The average Bonchev–Trinajstić information content (AvgIpc) is 3.14. The first-order valence-corrected chi connectivity index (χ1v) is 10.2. The highest BCUT2D eigenvalue weighted by molar-refractivity contribution is 7.13. The molecule has 0 aliphatic heterocycles. The van der Waals surface area contributed by atoms with Crippen LogP contribution in [-0.4, -0.2) is 25.1 Å². The second kappa shape index (κ2) is 10.6. The van der Waals surface area contributed by atoms with Crippen LogP contribution in [0.3, 0.4) is 0 Å². The molecule has 0 amide bonds. The number of carbonyl (C=O) groups is 1. The molecule has 0 saturated heterocycles. The largest absolute Gasteiger partial charge is 0.497 e. The van der Waals surface area contributed by atoms with Crippen molar-refractivity contribution in [1.82, 2.24) is 5.32 Å². The van der Waals surface area contributed by atoms with Crippen LogP contribution in [0.4, 0.5) is 0 Å². The number of nitrogens with one attached hydrogen (secondary N) is 2. The molecule has 148 valence electrons. The number of aryl methyl sites for hydroxylation is 2. The summed E-state index contributed by atoms with van der Waals surface area (Å²) in [6, 6.07) is 10.2. The quantitative estimate of drug-likeness (QED) is 0.414. The van der Waals surface area contributed by atoms with Crippen molar-refractivity contribution in [2.75, 3.05) is 13.7 Å². The molecule has 0 radical (unpaired) electrons. The zero-order valence-electron chi connectivity index (χ0n) is 16.8. The van der Waals surface area contributed by atoms with Gasteiger partial charge >= 0.3 is 0 Å². The van der Waals surface area contributed by atoms with Gasteiger partial charge in [0.15, 0.2) is 5.78 Å². The maximum atomic E-state index is 11.8. The standard InChI is InChI=1S/C23H28N2O2S/c1-5-6-7-19(26)15-25-17(3)23-22(16(2)24)14-21(28-23)13-10-18-8-11-20(27-4)12-9-18/h6-9,11-12,14,24-25H,3,5,10,13,15H2,1-2,4H3/b7-6-,24-16?. The molecule has 28 heavy (non-hydrogen) atoms. The van der Waals surface area contributed by atoms with Crippen LogP contribution in [0.15, 0.2) is 49.1 Å². The molecule has 1 aromatic heterocycles. The Labute approximate surface area is 171 Å². The summed E-state index contributed by atoms with van der Waals surface area (Å²) in [6.07, 6.45) is 6.09. The third-order valence-electron chi connectivity index (χ3n) is 4.30. The SMILES string of the molecule is C=C(NCC(=O)/C=C\CC)c1sc(CCc2ccc(OC)cc2)cc1C(C)=N. The first-order valence-electron chi connectivity index (χ1n) is 9.38. The summed E-state index contributed by atoms with van der Waals surface area (Å²) in [6.45, 7) is 8.07. The number of hydrogen-bond donors (Lipinski definition) is 2. The summed E-state index contributed by atoms with van der Waals surface area (Å²) in [4.78, 5) is 14.0. The molecule has 2 aromatic rings. The lowest BCUT2D eigenvalue weighted by Gasteiger charge is -2.08. The molecule has 1 aromatic carbocycles. The van der Waals surface area contributed by atoms with Gasteiger partial charge in [-0.2, -0.15) is 0 Å². The molecule has 0 fully saturated rings. The number of methoxy groups -OCH3 is 1. The van der Waals surface area contributed by atoms with Crippen LogP contribution in [0, 0.1) is 5.41 Å². The second-order valence-corrected chi connectivity index (χ2v) is 7.67. The van der Waals surface area contributed by atoms with E-state index in [-0.39, 0.29) is 12.3 Å². The highest BCUT2D eigenvalue weighted by Crippen LogP contribution is 2.29. The van der Waals surface area contributed by atoms with Gasteiger partial charge in [0.1, 0.15) is 5.75 Å². The van der Waals surface area contributed by atoms with E-state index in [9.17, 15) is 4.79 Å². The molecule has 2 N–H and O–H groups in total. The number of ether oxygens (including phenoxy) is 1. The molecule has 1 heterocycles. The maximum Gasteiger partial charge on any atom is 0.174 e. The number of ketones is 1. The van der Waals surface area contributed by atoms with Gasteiger partial charge in [0, 0.05) is 21.8 Å². The Morgan fingerprint density at radius 2 is 2.00 bits per heavy atom. The summed E-state index contributed by atoms with van der Waals surface area (Å²) in [7, 11) is 1.66. The fourth-order valence-electron chi connectivity index (χ4n) is 2.71. The molecule has 0 spiro atoms. The van der Waals surface area contributed by atoms with E-state index in [0.29, 0.717) is 11.4 Å². The highest BCUT2D eigenvalue weighted by Gasteiger charge is 2.14. The predicted octanol–water partition coefficient (Wildman–Crippen LogP) is 5.03. The molecule has 0 aliphatic carbocycles. The van der Waals surface area contributed by atoms with E-state index in [1.54, 1.807) is 31.4 Å².